The highest BCUT2D eigenvalue weighted by Gasteiger charge is 2.43. The van der Waals surface area contributed by atoms with Gasteiger partial charge in [-0.15, -0.1) is 0 Å². The molecule has 1 fully saturated rings. The highest BCUT2D eigenvalue weighted by molar-refractivity contribution is 7.89. The predicted octanol–water partition coefficient (Wildman–Crippen LogP) is 0.791. The van der Waals surface area contributed by atoms with E-state index < -0.39 is 34.4 Å². The molecule has 29 heavy (non-hydrogen) atoms. The molecule has 0 aromatic heterocycles. The first-order chi connectivity index (χ1) is 13.8. The summed E-state index contributed by atoms with van der Waals surface area (Å²) in [5.74, 6) is -0.381. The SMILES string of the molecule is Cc1ccc(S(=O)(=O)NC[C@H]2O[C@@H](CC(=O)Nc3ccccc3)[C@H](O)[C@@H]2O)cc1. The van der Waals surface area contributed by atoms with E-state index in [1.54, 1.807) is 36.4 Å². The Morgan fingerprint density at radius 1 is 1.00 bits per heavy atom. The molecular weight excluding hydrogens is 396 g/mol. The number of para-hydroxylation sites is 1. The third-order valence-corrected chi connectivity index (χ3v) is 6.15. The molecule has 156 valence electrons. The maximum absolute atomic E-state index is 12.4. The smallest absolute Gasteiger partial charge is 0.240 e. The van der Waals surface area contributed by atoms with Gasteiger partial charge < -0.3 is 20.3 Å². The van der Waals surface area contributed by atoms with Crippen LogP contribution in [0.3, 0.4) is 0 Å². The van der Waals surface area contributed by atoms with Crippen LogP contribution in [0.25, 0.3) is 0 Å². The fourth-order valence-electron chi connectivity index (χ4n) is 3.07. The maximum atomic E-state index is 12.4. The van der Waals surface area contributed by atoms with Crippen molar-refractivity contribution in [2.75, 3.05) is 11.9 Å². The van der Waals surface area contributed by atoms with Crippen LogP contribution in [0.2, 0.25) is 0 Å². The first-order valence-corrected chi connectivity index (χ1v) is 10.7. The lowest BCUT2D eigenvalue weighted by atomic mass is 10.1. The molecule has 0 bridgehead atoms. The molecule has 0 radical (unpaired) electrons. The summed E-state index contributed by atoms with van der Waals surface area (Å²) in [5, 5.41) is 23.1. The Kier molecular flexibility index (Phi) is 6.66. The third kappa shape index (κ3) is 5.40. The number of benzene rings is 2. The fourth-order valence-corrected chi connectivity index (χ4v) is 4.12. The molecule has 1 aliphatic rings. The van der Waals surface area contributed by atoms with Crippen LogP contribution < -0.4 is 10.0 Å². The predicted molar refractivity (Wildman–Crippen MR) is 107 cm³/mol. The lowest BCUT2D eigenvalue weighted by Crippen LogP contribution is -2.40. The molecule has 1 amide bonds. The standard InChI is InChI=1S/C20H24N2O6S/c1-13-7-9-15(10-8-13)29(26,27)21-12-17-20(25)19(24)16(28-17)11-18(23)22-14-5-3-2-4-6-14/h2-10,16-17,19-21,24-25H,11-12H2,1H3,(H,22,23)/t16-,17+,19-,20+/m0/s1. The zero-order chi connectivity index (χ0) is 21.0. The molecule has 0 spiro atoms. The van der Waals surface area contributed by atoms with Gasteiger partial charge in [0.2, 0.25) is 15.9 Å². The largest absolute Gasteiger partial charge is 0.388 e. The van der Waals surface area contributed by atoms with E-state index in [9.17, 15) is 23.4 Å². The van der Waals surface area contributed by atoms with Gasteiger partial charge in [-0.25, -0.2) is 13.1 Å². The number of anilines is 1. The Morgan fingerprint density at radius 2 is 1.62 bits per heavy atom. The van der Waals surface area contributed by atoms with Gasteiger partial charge in [-0.2, -0.15) is 0 Å². The lowest BCUT2D eigenvalue weighted by molar-refractivity contribution is -0.120. The van der Waals surface area contributed by atoms with Crippen molar-refractivity contribution in [2.24, 2.45) is 0 Å². The highest BCUT2D eigenvalue weighted by Crippen LogP contribution is 2.24. The molecule has 4 atom stereocenters. The molecule has 2 aromatic carbocycles. The van der Waals surface area contributed by atoms with Gasteiger partial charge in [-0.05, 0) is 31.2 Å². The average Bonchev–Trinajstić information content (AvgIpc) is 2.95. The van der Waals surface area contributed by atoms with Gasteiger partial charge in [0.1, 0.15) is 18.3 Å². The molecule has 4 N–H and O–H groups in total. The van der Waals surface area contributed by atoms with Crippen LogP contribution in [-0.2, 0) is 19.6 Å². The second kappa shape index (κ2) is 9.02. The van der Waals surface area contributed by atoms with Gasteiger partial charge in [0.15, 0.2) is 0 Å². The van der Waals surface area contributed by atoms with Crippen LogP contribution >= 0.6 is 0 Å². The molecule has 0 unspecified atom stereocenters. The van der Waals surface area contributed by atoms with E-state index >= 15 is 0 Å². The summed E-state index contributed by atoms with van der Waals surface area (Å²) in [4.78, 5) is 12.3. The van der Waals surface area contributed by atoms with Gasteiger partial charge >= 0.3 is 0 Å². The number of amides is 1. The summed E-state index contributed by atoms with van der Waals surface area (Å²) >= 11 is 0. The molecular formula is C20H24N2O6S. The average molecular weight is 420 g/mol. The van der Waals surface area contributed by atoms with Crippen LogP contribution in [0.15, 0.2) is 59.5 Å². The first-order valence-electron chi connectivity index (χ1n) is 9.19. The zero-order valence-electron chi connectivity index (χ0n) is 15.9. The van der Waals surface area contributed by atoms with Crippen molar-refractivity contribution in [3.63, 3.8) is 0 Å². The molecule has 3 rings (SSSR count). The van der Waals surface area contributed by atoms with E-state index in [1.165, 1.54) is 12.1 Å². The van der Waals surface area contributed by atoms with E-state index in [1.807, 2.05) is 13.0 Å². The first kappa shape index (κ1) is 21.4. The van der Waals surface area contributed by atoms with Crippen LogP contribution in [-0.4, -0.2) is 55.5 Å². The number of hydrogen-bond donors (Lipinski definition) is 4. The minimum Gasteiger partial charge on any atom is -0.388 e. The second-order valence-corrected chi connectivity index (χ2v) is 8.74. The Morgan fingerprint density at radius 3 is 2.28 bits per heavy atom. The van der Waals surface area contributed by atoms with E-state index in [0.717, 1.165) is 5.56 Å². The molecule has 0 saturated carbocycles. The molecule has 0 aliphatic carbocycles. The topological polar surface area (TPSA) is 125 Å². The van der Waals surface area contributed by atoms with Crippen molar-refractivity contribution < 1.29 is 28.2 Å². The van der Waals surface area contributed by atoms with Crippen molar-refractivity contribution in [3.05, 3.63) is 60.2 Å². The molecule has 8 nitrogen and oxygen atoms in total. The summed E-state index contributed by atoms with van der Waals surface area (Å²) in [6.07, 6.45) is -4.70. The number of ether oxygens (including phenoxy) is 1. The number of aliphatic hydroxyl groups excluding tert-OH is 2. The van der Waals surface area contributed by atoms with Crippen molar-refractivity contribution in [1.82, 2.24) is 4.72 Å². The second-order valence-electron chi connectivity index (χ2n) is 6.98. The maximum Gasteiger partial charge on any atom is 0.240 e. The van der Waals surface area contributed by atoms with E-state index in [0.29, 0.717) is 5.69 Å². The Balaban J connectivity index is 1.56. The fraction of sp³-hybridized carbons (Fsp3) is 0.350. The molecule has 1 saturated heterocycles. The van der Waals surface area contributed by atoms with Crippen molar-refractivity contribution in [3.8, 4) is 0 Å². The summed E-state index contributed by atoms with van der Waals surface area (Å²) in [6, 6.07) is 15.1. The Hall–Kier alpha value is -2.30. The zero-order valence-corrected chi connectivity index (χ0v) is 16.7. The Bertz CT molecular complexity index is 933. The van der Waals surface area contributed by atoms with Crippen molar-refractivity contribution in [2.45, 2.75) is 42.7 Å². The van der Waals surface area contributed by atoms with Gasteiger partial charge in [-0.3, -0.25) is 4.79 Å². The van der Waals surface area contributed by atoms with Gasteiger partial charge in [0.25, 0.3) is 0 Å². The number of aryl methyl sites for hydroxylation is 1. The third-order valence-electron chi connectivity index (χ3n) is 4.71. The lowest BCUT2D eigenvalue weighted by Gasteiger charge is -2.15. The number of carbonyl (C=O) groups is 1. The van der Waals surface area contributed by atoms with Gasteiger partial charge in [0, 0.05) is 12.2 Å². The van der Waals surface area contributed by atoms with Gasteiger partial charge in [0.05, 0.1) is 17.4 Å². The summed E-state index contributed by atoms with van der Waals surface area (Å²) in [6.45, 7) is 1.62. The van der Waals surface area contributed by atoms with Crippen molar-refractivity contribution >= 4 is 21.6 Å². The van der Waals surface area contributed by atoms with Crippen LogP contribution in [0.4, 0.5) is 5.69 Å². The van der Waals surface area contributed by atoms with E-state index in [4.69, 9.17) is 4.74 Å². The normalized spacial score (nSPS) is 24.4. The number of rotatable bonds is 7. The molecule has 1 aliphatic heterocycles. The molecule has 2 aromatic rings. The number of hydrogen-bond acceptors (Lipinski definition) is 6. The minimum absolute atomic E-state index is 0.0925. The van der Waals surface area contributed by atoms with Gasteiger partial charge in [-0.1, -0.05) is 35.9 Å². The summed E-state index contributed by atoms with van der Waals surface area (Å²) in [5.41, 5.74) is 1.53. The number of carbonyl (C=O) groups excluding carboxylic acids is 1. The summed E-state index contributed by atoms with van der Waals surface area (Å²) < 4.78 is 32.7. The molecule has 1 heterocycles. The van der Waals surface area contributed by atoms with Crippen LogP contribution in [0, 0.1) is 6.92 Å². The van der Waals surface area contributed by atoms with E-state index in [2.05, 4.69) is 10.0 Å². The Labute approximate surface area is 169 Å². The van der Waals surface area contributed by atoms with Crippen LogP contribution in [0.5, 0.6) is 0 Å². The number of nitrogens with one attached hydrogen (secondary N) is 2. The molecule has 9 heteroatoms. The van der Waals surface area contributed by atoms with Crippen molar-refractivity contribution in [1.29, 1.82) is 0 Å². The quantitative estimate of drug-likeness (QED) is 0.525. The van der Waals surface area contributed by atoms with Crippen LogP contribution in [0.1, 0.15) is 12.0 Å². The van der Waals surface area contributed by atoms with E-state index in [-0.39, 0.29) is 23.8 Å². The summed E-state index contributed by atoms with van der Waals surface area (Å²) in [7, 11) is -3.79. The monoisotopic (exact) mass is 420 g/mol. The highest BCUT2D eigenvalue weighted by atomic mass is 32.2. The number of aliphatic hydroxyl groups is 2. The number of sulfonamides is 1. The minimum atomic E-state index is -3.79.